The van der Waals surface area contributed by atoms with E-state index in [9.17, 15) is 14.4 Å². The van der Waals surface area contributed by atoms with Crippen molar-refractivity contribution in [2.75, 3.05) is 46.4 Å². The Hall–Kier alpha value is -2.77. The van der Waals surface area contributed by atoms with Crippen molar-refractivity contribution >= 4 is 17.9 Å². The third kappa shape index (κ3) is 5.10. The van der Waals surface area contributed by atoms with E-state index in [1.165, 1.54) is 0 Å². The Morgan fingerprint density at radius 3 is 2.20 bits per heavy atom. The zero-order valence-electron chi connectivity index (χ0n) is 14.5. The molecule has 1 aliphatic heterocycles. The van der Waals surface area contributed by atoms with E-state index in [0.29, 0.717) is 44.1 Å². The maximum atomic E-state index is 12.2. The molecule has 1 N–H and O–H groups in total. The molecule has 3 amide bonds. The van der Waals surface area contributed by atoms with Crippen LogP contribution in [0.15, 0.2) is 24.3 Å². The van der Waals surface area contributed by atoms with Crippen LogP contribution in [0.1, 0.15) is 17.3 Å². The van der Waals surface area contributed by atoms with Crippen LogP contribution in [0, 0.1) is 0 Å². The van der Waals surface area contributed by atoms with Crippen LogP contribution in [0.4, 0.5) is 4.79 Å². The molecule has 0 aliphatic carbocycles. The molecule has 1 aromatic carbocycles. The van der Waals surface area contributed by atoms with Crippen molar-refractivity contribution in [1.82, 2.24) is 15.1 Å². The molecular formula is C17H23N3O5. The molecule has 0 bridgehead atoms. The quantitative estimate of drug-likeness (QED) is 0.846. The van der Waals surface area contributed by atoms with Gasteiger partial charge >= 0.3 is 6.09 Å². The first-order valence-electron chi connectivity index (χ1n) is 8.17. The summed E-state index contributed by atoms with van der Waals surface area (Å²) in [6.07, 6.45) is -0.359. The highest BCUT2D eigenvalue weighted by molar-refractivity contribution is 5.96. The van der Waals surface area contributed by atoms with Gasteiger partial charge in [0.1, 0.15) is 5.75 Å². The fourth-order valence-corrected chi connectivity index (χ4v) is 2.47. The summed E-state index contributed by atoms with van der Waals surface area (Å²) in [5, 5.41) is 2.61. The molecule has 0 atom stereocenters. The zero-order chi connectivity index (χ0) is 18.2. The van der Waals surface area contributed by atoms with Gasteiger partial charge in [0.2, 0.25) is 5.91 Å². The van der Waals surface area contributed by atoms with E-state index in [0.717, 1.165) is 0 Å². The summed E-state index contributed by atoms with van der Waals surface area (Å²) in [4.78, 5) is 39.1. The number of hydrogen-bond donors (Lipinski definition) is 1. The molecule has 2 rings (SSSR count). The van der Waals surface area contributed by atoms with E-state index < -0.39 is 0 Å². The van der Waals surface area contributed by atoms with E-state index in [4.69, 9.17) is 9.47 Å². The van der Waals surface area contributed by atoms with Gasteiger partial charge in [-0.05, 0) is 31.2 Å². The normalized spacial score (nSPS) is 14.0. The van der Waals surface area contributed by atoms with Crippen LogP contribution < -0.4 is 10.1 Å². The van der Waals surface area contributed by atoms with E-state index in [1.807, 2.05) is 0 Å². The molecule has 1 fully saturated rings. The largest absolute Gasteiger partial charge is 0.497 e. The van der Waals surface area contributed by atoms with Gasteiger partial charge in [0.05, 0.1) is 20.3 Å². The van der Waals surface area contributed by atoms with Crippen molar-refractivity contribution in [2.24, 2.45) is 0 Å². The molecule has 0 saturated carbocycles. The van der Waals surface area contributed by atoms with E-state index >= 15 is 0 Å². The zero-order valence-corrected chi connectivity index (χ0v) is 14.5. The smallest absolute Gasteiger partial charge is 0.409 e. The number of piperazine rings is 1. The van der Waals surface area contributed by atoms with Gasteiger partial charge in [0.15, 0.2) is 0 Å². The van der Waals surface area contributed by atoms with Crippen molar-refractivity contribution < 1.29 is 23.9 Å². The Balaban J connectivity index is 1.77. The SMILES string of the molecule is CCOC(=O)N1CCN(C(=O)CNC(=O)c2ccc(OC)cc2)CC1. The minimum atomic E-state index is -0.359. The highest BCUT2D eigenvalue weighted by atomic mass is 16.6. The lowest BCUT2D eigenvalue weighted by atomic mass is 10.2. The summed E-state index contributed by atoms with van der Waals surface area (Å²) in [7, 11) is 1.55. The average molecular weight is 349 g/mol. The molecule has 1 aromatic rings. The third-order valence-electron chi connectivity index (χ3n) is 3.91. The van der Waals surface area contributed by atoms with Gasteiger partial charge in [-0.1, -0.05) is 0 Å². The fraction of sp³-hybridized carbons (Fsp3) is 0.471. The molecule has 8 nitrogen and oxygen atoms in total. The molecule has 0 spiro atoms. The summed E-state index contributed by atoms with van der Waals surface area (Å²) in [6.45, 7) is 3.71. The van der Waals surface area contributed by atoms with Crippen LogP contribution in [0.25, 0.3) is 0 Å². The number of nitrogens with one attached hydrogen (secondary N) is 1. The highest BCUT2D eigenvalue weighted by Gasteiger charge is 2.24. The summed E-state index contributed by atoms with van der Waals surface area (Å²) < 4.78 is 9.98. The molecule has 0 radical (unpaired) electrons. The van der Waals surface area contributed by atoms with Crippen LogP contribution in [-0.4, -0.2) is 74.1 Å². The van der Waals surface area contributed by atoms with Crippen molar-refractivity contribution in [3.63, 3.8) is 0 Å². The molecule has 1 saturated heterocycles. The standard InChI is InChI=1S/C17H23N3O5/c1-3-25-17(23)20-10-8-19(9-11-20)15(21)12-18-16(22)13-4-6-14(24-2)7-5-13/h4-7H,3,8-12H2,1-2H3,(H,18,22). The van der Waals surface area contributed by atoms with Crippen molar-refractivity contribution in [2.45, 2.75) is 6.92 Å². The second-order valence-electron chi connectivity index (χ2n) is 5.48. The lowest BCUT2D eigenvalue weighted by Gasteiger charge is -2.34. The Kier molecular flexibility index (Phi) is 6.62. The maximum Gasteiger partial charge on any atom is 0.409 e. The van der Waals surface area contributed by atoms with E-state index in [1.54, 1.807) is 48.1 Å². The van der Waals surface area contributed by atoms with Gasteiger partial charge < -0.3 is 24.6 Å². The van der Waals surface area contributed by atoms with Crippen molar-refractivity contribution in [3.05, 3.63) is 29.8 Å². The van der Waals surface area contributed by atoms with Crippen LogP contribution in [-0.2, 0) is 9.53 Å². The maximum absolute atomic E-state index is 12.2. The number of carbonyl (C=O) groups excluding carboxylic acids is 3. The molecule has 136 valence electrons. The van der Waals surface area contributed by atoms with Crippen LogP contribution in [0.3, 0.4) is 0 Å². The lowest BCUT2D eigenvalue weighted by molar-refractivity contribution is -0.131. The van der Waals surface area contributed by atoms with Gasteiger partial charge in [-0.15, -0.1) is 0 Å². The predicted octanol–water partition coefficient (Wildman–Crippen LogP) is 0.726. The van der Waals surface area contributed by atoms with Gasteiger partial charge in [-0.2, -0.15) is 0 Å². The number of benzene rings is 1. The first-order chi connectivity index (χ1) is 12.0. The number of ether oxygens (including phenoxy) is 2. The van der Waals surface area contributed by atoms with Crippen molar-refractivity contribution in [1.29, 1.82) is 0 Å². The molecule has 1 heterocycles. The first kappa shape index (κ1) is 18.6. The number of methoxy groups -OCH3 is 1. The monoisotopic (exact) mass is 349 g/mol. The second kappa shape index (κ2) is 8.91. The third-order valence-corrected chi connectivity index (χ3v) is 3.91. The number of amides is 3. The number of nitrogens with zero attached hydrogens (tertiary/aromatic N) is 2. The lowest BCUT2D eigenvalue weighted by Crippen LogP contribution is -2.52. The van der Waals surface area contributed by atoms with Crippen LogP contribution in [0.5, 0.6) is 5.75 Å². The summed E-state index contributed by atoms with van der Waals surface area (Å²) in [5.41, 5.74) is 0.459. The summed E-state index contributed by atoms with van der Waals surface area (Å²) in [5.74, 6) is 0.165. The molecular weight excluding hydrogens is 326 g/mol. The Bertz CT molecular complexity index is 609. The van der Waals surface area contributed by atoms with Crippen molar-refractivity contribution in [3.8, 4) is 5.75 Å². The van der Waals surface area contributed by atoms with E-state index in [2.05, 4.69) is 5.32 Å². The number of carbonyl (C=O) groups is 3. The molecule has 0 aromatic heterocycles. The minimum Gasteiger partial charge on any atom is -0.497 e. The molecule has 8 heteroatoms. The van der Waals surface area contributed by atoms with Crippen LogP contribution >= 0.6 is 0 Å². The topological polar surface area (TPSA) is 88.2 Å². The Labute approximate surface area is 146 Å². The minimum absolute atomic E-state index is 0.0791. The first-order valence-corrected chi connectivity index (χ1v) is 8.17. The molecule has 0 unspecified atom stereocenters. The van der Waals surface area contributed by atoms with Gasteiger partial charge in [0, 0.05) is 31.7 Å². The highest BCUT2D eigenvalue weighted by Crippen LogP contribution is 2.11. The number of hydrogen-bond acceptors (Lipinski definition) is 5. The average Bonchev–Trinajstić information content (AvgIpc) is 2.66. The van der Waals surface area contributed by atoms with Gasteiger partial charge in [0.25, 0.3) is 5.91 Å². The molecule has 1 aliphatic rings. The van der Waals surface area contributed by atoms with Gasteiger partial charge in [-0.3, -0.25) is 9.59 Å². The van der Waals surface area contributed by atoms with E-state index in [-0.39, 0.29) is 24.5 Å². The Morgan fingerprint density at radius 2 is 1.64 bits per heavy atom. The number of rotatable bonds is 5. The predicted molar refractivity (Wildman–Crippen MR) is 90.5 cm³/mol. The van der Waals surface area contributed by atoms with Crippen LogP contribution in [0.2, 0.25) is 0 Å². The Morgan fingerprint density at radius 1 is 1.04 bits per heavy atom. The van der Waals surface area contributed by atoms with Gasteiger partial charge in [-0.25, -0.2) is 4.79 Å². The fourth-order valence-electron chi connectivity index (χ4n) is 2.47. The summed E-state index contributed by atoms with van der Waals surface area (Å²) >= 11 is 0. The summed E-state index contributed by atoms with van der Waals surface area (Å²) in [6, 6.07) is 6.64. The second-order valence-corrected chi connectivity index (χ2v) is 5.48. The molecule has 25 heavy (non-hydrogen) atoms.